The van der Waals surface area contributed by atoms with Crippen molar-refractivity contribution in [2.24, 2.45) is 11.7 Å². The van der Waals surface area contributed by atoms with Gasteiger partial charge in [0.15, 0.2) is 8.15 Å². The minimum Gasteiger partial charge on any atom is -0.354 e. The molecule has 0 amide bonds. The molecule has 5 atom stereocenters. The molecule has 1 saturated heterocycles. The summed E-state index contributed by atoms with van der Waals surface area (Å²) in [7, 11) is 1.17. The highest BCUT2D eigenvalue weighted by atomic mass is 32.4. The van der Waals surface area contributed by atoms with Gasteiger partial charge in [-0.15, -0.1) is 0 Å². The molecule has 124 valence electrons. The normalized spacial score (nSPS) is 24.7. The highest BCUT2D eigenvalue weighted by Crippen LogP contribution is 2.49. The summed E-state index contributed by atoms with van der Waals surface area (Å²) < 4.78 is 17.9. The average Bonchev–Trinajstić information content (AvgIpc) is 2.88. The monoisotopic (exact) mass is 373 g/mol. The van der Waals surface area contributed by atoms with Crippen LogP contribution in [0.25, 0.3) is 0 Å². The third-order valence-corrected chi connectivity index (χ3v) is 8.03. The van der Waals surface area contributed by atoms with Crippen LogP contribution in [0.4, 0.5) is 0 Å². The number of hydrogen-bond acceptors (Lipinski definition) is 5. The fourth-order valence-electron chi connectivity index (χ4n) is 2.40. The van der Waals surface area contributed by atoms with E-state index in [2.05, 4.69) is 23.7 Å². The van der Waals surface area contributed by atoms with Gasteiger partial charge in [-0.2, -0.15) is 0 Å². The molecule has 1 aromatic heterocycles. The van der Waals surface area contributed by atoms with Gasteiger partial charge in [0.25, 0.3) is 5.56 Å². The van der Waals surface area contributed by atoms with Crippen LogP contribution >= 0.6 is 24.4 Å². The number of nitrogens with one attached hydrogen (secondary N) is 1. The molecule has 0 aromatic carbocycles. The highest BCUT2D eigenvalue weighted by Gasteiger charge is 2.33. The van der Waals surface area contributed by atoms with E-state index in [9.17, 15) is 14.2 Å². The van der Waals surface area contributed by atoms with E-state index in [1.807, 2.05) is 0 Å². The molecule has 0 radical (unpaired) electrons. The summed E-state index contributed by atoms with van der Waals surface area (Å²) in [6, 6.07) is 0. The second-order valence-corrected chi connectivity index (χ2v) is 10.6. The number of ether oxygens (including phenoxy) is 1. The molecule has 0 saturated carbocycles. The number of H-pyrrole nitrogens is 1. The second kappa shape index (κ2) is 8.83. The lowest BCUT2D eigenvalue weighted by molar-refractivity contribution is 0.00514. The van der Waals surface area contributed by atoms with Crippen molar-refractivity contribution in [3.63, 3.8) is 0 Å². The Hall–Kier alpha value is -0.880. The van der Waals surface area contributed by atoms with Gasteiger partial charge in [-0.05, 0) is 26.5 Å². The number of nitrogens with two attached hydrogens (primary N) is 1. The lowest BCUT2D eigenvalue weighted by atomic mass is 10.1. The Kier molecular flexibility index (Phi) is 7.09. The lowest BCUT2D eigenvalue weighted by Crippen LogP contribution is -2.33. The molecule has 2 heterocycles. The molecule has 23 heavy (non-hydrogen) atoms. The van der Waals surface area contributed by atoms with E-state index >= 15 is 0 Å². The van der Waals surface area contributed by atoms with Crippen LogP contribution in [0.15, 0.2) is 15.8 Å². The van der Waals surface area contributed by atoms with Crippen LogP contribution in [0.5, 0.6) is 0 Å². The standard InChI is InChI=1S/C13H18N3O4P3/c1-8-5-11(20-10(8)7-21-23-22-19)16-6-9(3-2-4-14)12(17)15-13(16)18/h6,8,10-11,21,23H,4-5,7,14H2,1H3,(H,15,17,18). The average molecular weight is 373 g/mol. The molecule has 7 nitrogen and oxygen atoms in total. The summed E-state index contributed by atoms with van der Waals surface area (Å²) in [6.45, 7) is 2.21. The number of aromatic nitrogens is 2. The van der Waals surface area contributed by atoms with Gasteiger partial charge in [-0.25, -0.2) is 4.79 Å². The Morgan fingerprint density at radius 1 is 1.57 bits per heavy atom. The fraction of sp³-hybridized carbons (Fsp3) is 0.538. The van der Waals surface area contributed by atoms with Gasteiger partial charge in [0.2, 0.25) is 0 Å². The molecule has 1 aliphatic heterocycles. The molecule has 1 aromatic rings. The maximum absolute atomic E-state index is 12.0. The van der Waals surface area contributed by atoms with Crippen molar-refractivity contribution >= 4 is 24.4 Å². The van der Waals surface area contributed by atoms with Gasteiger partial charge in [0.1, 0.15) is 11.8 Å². The van der Waals surface area contributed by atoms with Crippen molar-refractivity contribution in [2.75, 3.05) is 12.7 Å². The summed E-state index contributed by atoms with van der Waals surface area (Å²) >= 11 is 0. The van der Waals surface area contributed by atoms with E-state index in [4.69, 9.17) is 10.5 Å². The number of nitrogens with zero attached hydrogens (tertiary/aromatic N) is 1. The van der Waals surface area contributed by atoms with E-state index in [1.165, 1.54) is 10.8 Å². The van der Waals surface area contributed by atoms with Crippen molar-refractivity contribution < 1.29 is 9.30 Å². The maximum atomic E-state index is 12.0. The minimum absolute atomic E-state index is 0.0324. The molecule has 0 bridgehead atoms. The van der Waals surface area contributed by atoms with E-state index < -0.39 is 17.5 Å². The highest BCUT2D eigenvalue weighted by molar-refractivity contribution is 8.40. The predicted molar refractivity (Wildman–Crippen MR) is 94.0 cm³/mol. The molecule has 5 unspecified atom stereocenters. The first kappa shape index (κ1) is 18.5. The van der Waals surface area contributed by atoms with Crippen molar-refractivity contribution in [1.29, 1.82) is 0 Å². The summed E-state index contributed by atoms with van der Waals surface area (Å²) in [5.41, 5.74) is 4.48. The summed E-state index contributed by atoms with van der Waals surface area (Å²) in [4.78, 5) is 26.0. The quantitative estimate of drug-likeness (QED) is 0.459. The zero-order chi connectivity index (χ0) is 16.8. The number of hydrogen-bond donors (Lipinski definition) is 2. The summed E-state index contributed by atoms with van der Waals surface area (Å²) in [6.07, 6.45) is 2.57. The fourth-order valence-corrected chi connectivity index (χ4v) is 5.73. The van der Waals surface area contributed by atoms with Crippen LogP contribution in [0.3, 0.4) is 0 Å². The zero-order valence-electron chi connectivity index (χ0n) is 12.5. The minimum atomic E-state index is -0.521. The van der Waals surface area contributed by atoms with Crippen LogP contribution in [0, 0.1) is 17.8 Å². The molecule has 2 rings (SSSR count). The van der Waals surface area contributed by atoms with Crippen LogP contribution in [-0.2, 0) is 9.30 Å². The van der Waals surface area contributed by atoms with Crippen molar-refractivity contribution in [3.8, 4) is 11.8 Å². The van der Waals surface area contributed by atoms with Gasteiger partial charge in [-0.3, -0.25) is 18.9 Å². The molecular weight excluding hydrogens is 355 g/mol. The maximum Gasteiger partial charge on any atom is 0.330 e. The first-order valence-electron chi connectivity index (χ1n) is 7.07. The van der Waals surface area contributed by atoms with Crippen LogP contribution in [0.2, 0.25) is 0 Å². The van der Waals surface area contributed by atoms with Gasteiger partial charge in [0, 0.05) is 6.20 Å². The molecule has 10 heteroatoms. The molecule has 0 spiro atoms. The predicted octanol–water partition coefficient (Wildman–Crippen LogP) is 1.25. The third kappa shape index (κ3) is 4.80. The Bertz CT molecular complexity index is 736. The van der Waals surface area contributed by atoms with Gasteiger partial charge < -0.3 is 10.5 Å². The first-order chi connectivity index (χ1) is 11.1. The van der Waals surface area contributed by atoms with Gasteiger partial charge >= 0.3 is 5.69 Å². The second-order valence-electron chi connectivity index (χ2n) is 5.14. The largest absolute Gasteiger partial charge is 0.354 e. The van der Waals surface area contributed by atoms with Crippen molar-refractivity contribution in [1.82, 2.24) is 9.55 Å². The van der Waals surface area contributed by atoms with E-state index in [0.717, 1.165) is 6.16 Å². The van der Waals surface area contributed by atoms with Crippen molar-refractivity contribution in [2.45, 2.75) is 25.7 Å². The topological polar surface area (TPSA) is 107 Å². The molecular formula is C13H18N3O4P3. The Morgan fingerprint density at radius 2 is 2.35 bits per heavy atom. The Balaban J connectivity index is 2.20. The van der Waals surface area contributed by atoms with Gasteiger partial charge in [-0.1, -0.05) is 27.0 Å². The van der Waals surface area contributed by atoms with E-state index in [-0.39, 0.29) is 32.3 Å². The van der Waals surface area contributed by atoms with Crippen molar-refractivity contribution in [3.05, 3.63) is 32.6 Å². The summed E-state index contributed by atoms with van der Waals surface area (Å²) in [5, 5.41) is 0. The van der Waals surface area contributed by atoms with E-state index in [0.29, 0.717) is 22.6 Å². The van der Waals surface area contributed by atoms with Crippen LogP contribution < -0.4 is 17.0 Å². The Morgan fingerprint density at radius 3 is 3.04 bits per heavy atom. The smallest absolute Gasteiger partial charge is 0.330 e. The zero-order valence-corrected chi connectivity index (χ0v) is 15.4. The Labute approximate surface area is 138 Å². The van der Waals surface area contributed by atoms with Gasteiger partial charge in [0.05, 0.1) is 12.6 Å². The lowest BCUT2D eigenvalue weighted by Gasteiger charge is -2.16. The summed E-state index contributed by atoms with van der Waals surface area (Å²) in [5.74, 6) is 5.56. The first-order valence-corrected chi connectivity index (χ1v) is 11.9. The van der Waals surface area contributed by atoms with E-state index in [1.54, 1.807) is 0 Å². The molecule has 1 fully saturated rings. The number of aromatic amines is 1. The number of rotatable bonds is 5. The molecule has 3 N–H and O–H groups in total. The third-order valence-electron chi connectivity index (χ3n) is 3.57. The SMILES string of the molecule is CC1CC(n2cc(C#CCN)c(=O)[nH]c2=O)OC1CPPP=O. The molecule has 0 aliphatic carbocycles. The molecule has 1 aliphatic rings. The van der Waals surface area contributed by atoms with Crippen LogP contribution in [-0.4, -0.2) is 28.4 Å². The van der Waals surface area contributed by atoms with Crippen LogP contribution in [0.1, 0.15) is 25.1 Å².